The van der Waals surface area contributed by atoms with Crippen LogP contribution in [0.15, 0.2) is 28.9 Å². The fourth-order valence-electron chi connectivity index (χ4n) is 1.84. The van der Waals surface area contributed by atoms with Gasteiger partial charge < -0.3 is 14.3 Å². The molecule has 96 valence electrons. The Hall–Kier alpha value is -2.15. The van der Waals surface area contributed by atoms with E-state index in [0.29, 0.717) is 5.76 Å². The van der Waals surface area contributed by atoms with E-state index in [-0.39, 0.29) is 11.9 Å². The summed E-state index contributed by atoms with van der Waals surface area (Å²) in [6.45, 7) is 2.78. The summed E-state index contributed by atoms with van der Waals surface area (Å²) < 4.78 is 7.16. The summed E-state index contributed by atoms with van der Waals surface area (Å²) in [5, 5.41) is 13.7. The van der Waals surface area contributed by atoms with Gasteiger partial charge in [-0.15, -0.1) is 0 Å². The maximum Gasteiger partial charge on any atom is 0.433 e. The van der Waals surface area contributed by atoms with Crippen LogP contribution >= 0.6 is 0 Å². The maximum atomic E-state index is 10.6. The van der Waals surface area contributed by atoms with Crippen molar-refractivity contribution in [2.75, 3.05) is 7.05 Å². The molecule has 18 heavy (non-hydrogen) atoms. The summed E-state index contributed by atoms with van der Waals surface area (Å²) in [4.78, 5) is 14.3. The zero-order chi connectivity index (χ0) is 13.1. The summed E-state index contributed by atoms with van der Waals surface area (Å²) in [6.07, 6.45) is 3.55. The lowest BCUT2D eigenvalue weighted by molar-refractivity contribution is -0.402. The Morgan fingerprint density at radius 1 is 1.61 bits per heavy atom. The lowest BCUT2D eigenvalue weighted by atomic mass is 10.2. The Balaban J connectivity index is 2.35. The topological polar surface area (TPSA) is 86.1 Å². The lowest BCUT2D eigenvalue weighted by Gasteiger charge is -2.14. The van der Waals surface area contributed by atoms with E-state index in [1.54, 1.807) is 19.3 Å². The molecule has 2 aromatic rings. The highest BCUT2D eigenvalue weighted by Gasteiger charge is 2.23. The number of rotatable bonds is 5. The average Bonchev–Trinajstić information content (AvgIpc) is 2.98. The largest absolute Gasteiger partial charge is 0.433 e. The third kappa shape index (κ3) is 2.12. The van der Waals surface area contributed by atoms with Crippen molar-refractivity contribution in [1.29, 1.82) is 0 Å². The molecule has 0 aromatic carbocycles. The van der Waals surface area contributed by atoms with E-state index in [9.17, 15) is 10.1 Å². The molecule has 2 rings (SSSR count). The van der Waals surface area contributed by atoms with Crippen LogP contribution in [0.1, 0.15) is 24.6 Å². The molecule has 1 N–H and O–H groups in total. The molecule has 7 nitrogen and oxygen atoms in total. The Morgan fingerprint density at radius 3 is 2.94 bits per heavy atom. The third-order valence-electron chi connectivity index (χ3n) is 2.71. The number of aromatic nitrogens is 2. The zero-order valence-electron chi connectivity index (χ0n) is 10.2. The van der Waals surface area contributed by atoms with Crippen LogP contribution in [0.4, 0.5) is 5.88 Å². The van der Waals surface area contributed by atoms with Crippen LogP contribution in [0.3, 0.4) is 0 Å². The van der Waals surface area contributed by atoms with Crippen molar-refractivity contribution in [1.82, 2.24) is 14.9 Å². The molecule has 0 spiro atoms. The number of nitrogens with one attached hydrogen (secondary N) is 1. The van der Waals surface area contributed by atoms with Gasteiger partial charge in [-0.05, 0) is 20.0 Å². The lowest BCUT2D eigenvalue weighted by Crippen LogP contribution is -2.21. The van der Waals surface area contributed by atoms with E-state index < -0.39 is 4.92 Å². The van der Waals surface area contributed by atoms with E-state index in [1.807, 2.05) is 17.7 Å². The number of furan rings is 1. The minimum Gasteiger partial charge on any atom is -0.404 e. The van der Waals surface area contributed by atoms with Crippen LogP contribution in [0, 0.1) is 10.1 Å². The van der Waals surface area contributed by atoms with E-state index >= 15 is 0 Å². The SMILES string of the molecule is CCn1ccnc1C(NC)c1ccc([N+](=O)[O-])o1. The molecule has 2 heterocycles. The van der Waals surface area contributed by atoms with Gasteiger partial charge in [-0.3, -0.25) is 10.1 Å². The van der Waals surface area contributed by atoms with Gasteiger partial charge in [0.05, 0.1) is 6.07 Å². The molecular weight excluding hydrogens is 236 g/mol. The van der Waals surface area contributed by atoms with Gasteiger partial charge in [0, 0.05) is 18.9 Å². The third-order valence-corrected chi connectivity index (χ3v) is 2.71. The smallest absolute Gasteiger partial charge is 0.404 e. The molecule has 7 heteroatoms. The highest BCUT2D eigenvalue weighted by atomic mass is 16.6. The highest BCUT2D eigenvalue weighted by molar-refractivity contribution is 5.23. The first-order chi connectivity index (χ1) is 8.67. The van der Waals surface area contributed by atoms with Gasteiger partial charge in [0.2, 0.25) is 0 Å². The van der Waals surface area contributed by atoms with Crippen LogP contribution in [0.2, 0.25) is 0 Å². The molecule has 0 aliphatic rings. The standard InChI is InChI=1S/C11H14N4O3/c1-3-14-7-6-13-11(14)10(12-2)8-4-5-9(18-8)15(16)17/h4-7,10,12H,3H2,1-2H3. The van der Waals surface area contributed by atoms with E-state index in [2.05, 4.69) is 10.3 Å². The zero-order valence-corrected chi connectivity index (χ0v) is 10.2. The van der Waals surface area contributed by atoms with Crippen LogP contribution in [0.25, 0.3) is 0 Å². The number of aryl methyl sites for hydroxylation is 1. The van der Waals surface area contributed by atoms with Crippen LogP contribution in [-0.2, 0) is 6.54 Å². The molecule has 1 unspecified atom stereocenters. The van der Waals surface area contributed by atoms with Crippen molar-refractivity contribution < 1.29 is 9.34 Å². The normalized spacial score (nSPS) is 12.6. The fraction of sp³-hybridized carbons (Fsp3) is 0.364. The second-order valence-corrected chi connectivity index (χ2v) is 3.73. The molecule has 0 radical (unpaired) electrons. The first kappa shape index (κ1) is 12.3. The van der Waals surface area contributed by atoms with Gasteiger partial charge in [0.25, 0.3) is 0 Å². The van der Waals surface area contributed by atoms with Gasteiger partial charge in [-0.2, -0.15) is 0 Å². The Kier molecular flexibility index (Phi) is 3.42. The number of nitro groups is 1. The molecule has 2 aromatic heterocycles. The Morgan fingerprint density at radius 2 is 2.39 bits per heavy atom. The van der Waals surface area contributed by atoms with Gasteiger partial charge in [-0.1, -0.05) is 0 Å². The van der Waals surface area contributed by atoms with Crippen LogP contribution in [-0.4, -0.2) is 21.5 Å². The van der Waals surface area contributed by atoms with Crippen molar-refractivity contribution in [3.63, 3.8) is 0 Å². The molecule has 0 fully saturated rings. The van der Waals surface area contributed by atoms with Gasteiger partial charge in [-0.25, -0.2) is 4.98 Å². The molecule has 0 amide bonds. The van der Waals surface area contributed by atoms with Crippen molar-refractivity contribution >= 4 is 5.88 Å². The predicted octanol–water partition coefficient (Wildman–Crippen LogP) is 1.71. The molecule has 0 aliphatic heterocycles. The Labute approximate surface area is 104 Å². The maximum absolute atomic E-state index is 10.6. The van der Waals surface area contributed by atoms with Gasteiger partial charge in [0.1, 0.15) is 22.5 Å². The average molecular weight is 250 g/mol. The van der Waals surface area contributed by atoms with E-state index in [4.69, 9.17) is 4.42 Å². The molecule has 0 aliphatic carbocycles. The van der Waals surface area contributed by atoms with Crippen molar-refractivity contribution in [2.24, 2.45) is 0 Å². The summed E-state index contributed by atoms with van der Waals surface area (Å²) in [7, 11) is 1.76. The predicted molar refractivity (Wildman–Crippen MR) is 64.2 cm³/mol. The first-order valence-electron chi connectivity index (χ1n) is 5.59. The molecular formula is C11H14N4O3. The van der Waals surface area contributed by atoms with Crippen LogP contribution in [0.5, 0.6) is 0 Å². The minimum absolute atomic E-state index is 0.264. The molecule has 0 bridgehead atoms. The fourth-order valence-corrected chi connectivity index (χ4v) is 1.84. The number of hydrogen-bond acceptors (Lipinski definition) is 5. The van der Waals surface area contributed by atoms with Crippen molar-refractivity contribution in [3.05, 3.63) is 46.2 Å². The molecule has 1 atom stereocenters. The summed E-state index contributed by atoms with van der Waals surface area (Å²) in [6, 6.07) is 2.64. The van der Waals surface area contributed by atoms with E-state index in [0.717, 1.165) is 12.4 Å². The highest BCUT2D eigenvalue weighted by Crippen LogP contribution is 2.25. The van der Waals surface area contributed by atoms with E-state index in [1.165, 1.54) is 6.07 Å². The summed E-state index contributed by atoms with van der Waals surface area (Å²) in [5.41, 5.74) is 0. The number of hydrogen-bond donors (Lipinski definition) is 1. The van der Waals surface area contributed by atoms with Gasteiger partial charge in [0.15, 0.2) is 0 Å². The van der Waals surface area contributed by atoms with Crippen LogP contribution < -0.4 is 5.32 Å². The summed E-state index contributed by atoms with van der Waals surface area (Å²) in [5.74, 6) is 0.981. The quantitative estimate of drug-likeness (QED) is 0.644. The summed E-state index contributed by atoms with van der Waals surface area (Å²) >= 11 is 0. The molecule has 0 saturated heterocycles. The second-order valence-electron chi connectivity index (χ2n) is 3.73. The van der Waals surface area contributed by atoms with Gasteiger partial charge >= 0.3 is 5.88 Å². The number of nitrogens with zero attached hydrogens (tertiary/aromatic N) is 3. The first-order valence-corrected chi connectivity index (χ1v) is 5.59. The second kappa shape index (κ2) is 5.01. The monoisotopic (exact) mass is 250 g/mol. The van der Waals surface area contributed by atoms with Crippen molar-refractivity contribution in [2.45, 2.75) is 19.5 Å². The minimum atomic E-state index is -0.553. The van der Waals surface area contributed by atoms with Crippen molar-refractivity contribution in [3.8, 4) is 0 Å². The number of imidazole rings is 1. The Bertz CT molecular complexity index is 546. The molecule has 0 saturated carbocycles.